The van der Waals surface area contributed by atoms with Crippen LogP contribution in [0.2, 0.25) is 0 Å². The van der Waals surface area contributed by atoms with Gasteiger partial charge in [-0.15, -0.1) is 0 Å². The van der Waals surface area contributed by atoms with Crippen molar-refractivity contribution in [2.75, 3.05) is 12.3 Å². The maximum atomic E-state index is 12.7. The number of hydrogen-bond acceptors (Lipinski definition) is 14. The first kappa shape index (κ1) is 28.0. The molecule has 209 valence electrons. The van der Waals surface area contributed by atoms with Gasteiger partial charge in [-0.1, -0.05) is 0 Å². The predicted octanol–water partition coefficient (Wildman–Crippen LogP) is -4.10. The van der Waals surface area contributed by atoms with Gasteiger partial charge in [-0.05, 0) is 13.0 Å². The van der Waals surface area contributed by atoms with Crippen LogP contribution in [0.3, 0.4) is 0 Å². The zero-order valence-corrected chi connectivity index (χ0v) is 19.8. The molecule has 1 radical (unpaired) electrons. The number of aliphatic hydroxyl groups excluding tert-OH is 5. The molecule has 19 heteroatoms. The van der Waals surface area contributed by atoms with Crippen molar-refractivity contribution in [3.63, 3.8) is 0 Å². The quantitative estimate of drug-likeness (QED) is 0.134. The van der Waals surface area contributed by atoms with E-state index in [4.69, 9.17) is 31.4 Å². The van der Waals surface area contributed by atoms with Gasteiger partial charge in [0.2, 0.25) is 0 Å². The molecule has 3 heterocycles. The number of aliphatic hydroxyl groups is 5. The number of phosphoric ester groups is 1. The Morgan fingerprint density at radius 1 is 1.43 bits per heavy atom. The molecule has 0 saturated carbocycles. The normalized spacial score (nSPS) is 37.9. The summed E-state index contributed by atoms with van der Waals surface area (Å²) in [5.74, 6) is -5.32. The summed E-state index contributed by atoms with van der Waals surface area (Å²) < 4.78 is 40.5. The Balaban J connectivity index is 1.74. The molecule has 0 bridgehead atoms. The van der Waals surface area contributed by atoms with E-state index in [0.29, 0.717) is 0 Å². The molecule has 1 aromatic rings. The SMILES string of the molecule is [2H]CC(O)C(O)C1OC(OP(=O)(O)OCC2OC(n3ccc(N)nc3=O)C(O)C2O)(C(=O)O)CC(O)C1[NH]. The number of nitrogens with zero attached hydrogens (tertiary/aromatic N) is 2. The van der Waals surface area contributed by atoms with Gasteiger partial charge in [-0.3, -0.25) is 9.09 Å². The number of hydrogen-bond donors (Lipinski definition) is 8. The van der Waals surface area contributed by atoms with Crippen molar-refractivity contribution in [3.05, 3.63) is 22.7 Å². The van der Waals surface area contributed by atoms with E-state index in [1.54, 1.807) is 0 Å². The van der Waals surface area contributed by atoms with Crippen molar-refractivity contribution >= 4 is 19.6 Å². The minimum Gasteiger partial charge on any atom is -0.477 e. The van der Waals surface area contributed by atoms with E-state index in [1.165, 1.54) is 6.07 Å². The maximum Gasteiger partial charge on any atom is 0.475 e. The molecule has 3 rings (SSSR count). The molecular weight excluding hydrogens is 527 g/mol. The second-order valence-electron chi connectivity index (χ2n) is 8.44. The molecule has 1 aromatic heterocycles. The molecule has 11 unspecified atom stereocenters. The fourth-order valence-corrected chi connectivity index (χ4v) is 4.75. The van der Waals surface area contributed by atoms with Crippen LogP contribution in [0.15, 0.2) is 17.1 Å². The molecule has 0 amide bonds. The molecule has 0 aliphatic carbocycles. The van der Waals surface area contributed by atoms with Gasteiger partial charge in [0, 0.05) is 14.0 Å². The lowest BCUT2D eigenvalue weighted by atomic mass is 9.89. The zero-order valence-electron chi connectivity index (χ0n) is 19.9. The van der Waals surface area contributed by atoms with Crippen LogP contribution in [0.25, 0.3) is 0 Å². The monoisotopic (exact) mass is 556 g/mol. The van der Waals surface area contributed by atoms with E-state index in [0.717, 1.165) is 10.8 Å². The number of aliphatic carboxylic acids is 1. The van der Waals surface area contributed by atoms with Crippen LogP contribution in [-0.4, -0.2) is 112 Å². The maximum absolute atomic E-state index is 12.7. The Bertz CT molecular complexity index is 1110. The molecule has 37 heavy (non-hydrogen) atoms. The number of nitrogen functional groups attached to an aromatic ring is 1. The molecule has 18 nitrogen and oxygen atoms in total. The molecule has 0 spiro atoms. The highest BCUT2D eigenvalue weighted by atomic mass is 31.2. The lowest BCUT2D eigenvalue weighted by Gasteiger charge is -2.44. The van der Waals surface area contributed by atoms with Crippen molar-refractivity contribution in [1.82, 2.24) is 15.3 Å². The highest BCUT2D eigenvalue weighted by molar-refractivity contribution is 7.47. The lowest BCUT2D eigenvalue weighted by Crippen LogP contribution is -2.63. The second-order valence-corrected chi connectivity index (χ2v) is 9.82. The van der Waals surface area contributed by atoms with Crippen LogP contribution in [0.4, 0.5) is 5.82 Å². The third kappa shape index (κ3) is 6.17. The number of carboxylic acids is 1. The minimum atomic E-state index is -5.45. The average Bonchev–Trinajstić information content (AvgIpc) is 3.12. The Morgan fingerprint density at radius 2 is 2.11 bits per heavy atom. The summed E-state index contributed by atoms with van der Waals surface area (Å²) in [6.45, 7) is -1.76. The summed E-state index contributed by atoms with van der Waals surface area (Å²) in [5.41, 5.74) is 12.4. The van der Waals surface area contributed by atoms with E-state index >= 15 is 0 Å². The summed E-state index contributed by atoms with van der Waals surface area (Å²) in [4.78, 5) is 37.7. The number of carbonyl (C=O) groups is 1. The highest BCUT2D eigenvalue weighted by Gasteiger charge is 2.58. The van der Waals surface area contributed by atoms with Crippen LogP contribution in [0, 0.1) is 0 Å². The number of aromatic nitrogens is 2. The van der Waals surface area contributed by atoms with Gasteiger partial charge < -0.3 is 50.7 Å². The minimum absolute atomic E-state index is 0.124. The van der Waals surface area contributed by atoms with Gasteiger partial charge in [0.1, 0.15) is 36.3 Å². The molecule has 10 N–H and O–H groups in total. The van der Waals surface area contributed by atoms with Gasteiger partial charge in [0.05, 0.1) is 24.9 Å². The third-order valence-corrected chi connectivity index (χ3v) is 6.76. The number of nitrogens with two attached hydrogens (primary N) is 1. The first-order valence-electron chi connectivity index (χ1n) is 11.3. The lowest BCUT2D eigenvalue weighted by molar-refractivity contribution is -0.286. The van der Waals surface area contributed by atoms with Gasteiger partial charge in [-0.2, -0.15) is 4.98 Å². The molecule has 2 fully saturated rings. The molecule has 0 aromatic carbocycles. The Kier molecular flexibility index (Phi) is 8.29. The van der Waals surface area contributed by atoms with Gasteiger partial charge in [0.25, 0.3) is 5.79 Å². The smallest absolute Gasteiger partial charge is 0.475 e. The van der Waals surface area contributed by atoms with Crippen molar-refractivity contribution in [1.29, 1.82) is 0 Å². The highest BCUT2D eigenvalue weighted by Crippen LogP contribution is 2.51. The van der Waals surface area contributed by atoms with Crippen LogP contribution >= 0.6 is 7.82 Å². The number of carboxylic acid groups (broad SMARTS) is 1. The van der Waals surface area contributed by atoms with E-state index in [2.05, 4.69) is 4.98 Å². The molecular formula is C18H28N4O14P. The molecule has 11 atom stereocenters. The molecule has 2 saturated heterocycles. The summed E-state index contributed by atoms with van der Waals surface area (Å²) >= 11 is 0. The second kappa shape index (κ2) is 11.0. The summed E-state index contributed by atoms with van der Waals surface area (Å²) in [7, 11) is -5.45. The Labute approximate surface area is 209 Å². The van der Waals surface area contributed by atoms with E-state index < -0.39 is 100 Å². The van der Waals surface area contributed by atoms with E-state index in [9.17, 15) is 49.7 Å². The Morgan fingerprint density at radius 3 is 2.70 bits per heavy atom. The van der Waals surface area contributed by atoms with Crippen molar-refractivity contribution in [3.8, 4) is 0 Å². The number of nitrogens with one attached hydrogen (secondary N) is 1. The standard InChI is InChI=1S/C18H28N4O14P/c1-6(23)11(25)14-10(20)7(24)4-18(35-14,16(28)29)36-37(31,32)33-5-8-12(26)13(27)15(34-8)22-3-2-9(19)21-17(22)30/h2-3,6-8,10-15,20,23-27H,4-5H2,1H3,(H,28,29)(H,31,32)(H2,19,21,30)/i1D. The van der Waals surface area contributed by atoms with Crippen LogP contribution in [-0.2, 0) is 27.9 Å². The topological polar surface area (TPSA) is 297 Å². The van der Waals surface area contributed by atoms with Gasteiger partial charge in [0.15, 0.2) is 6.23 Å². The van der Waals surface area contributed by atoms with Crippen LogP contribution < -0.4 is 17.2 Å². The number of phosphoric acid groups is 1. The van der Waals surface area contributed by atoms with Gasteiger partial charge in [-0.25, -0.2) is 24.4 Å². The largest absolute Gasteiger partial charge is 0.477 e. The van der Waals surface area contributed by atoms with Gasteiger partial charge >= 0.3 is 19.5 Å². The molecule has 2 aliphatic rings. The number of rotatable bonds is 9. The molecule has 2 aliphatic heterocycles. The first-order chi connectivity index (χ1) is 17.6. The zero-order chi connectivity index (χ0) is 28.6. The van der Waals surface area contributed by atoms with Crippen LogP contribution in [0.1, 0.15) is 20.9 Å². The average molecular weight is 556 g/mol. The van der Waals surface area contributed by atoms with Crippen molar-refractivity contribution in [2.24, 2.45) is 0 Å². The van der Waals surface area contributed by atoms with Crippen molar-refractivity contribution < 1.29 is 64.8 Å². The third-order valence-electron chi connectivity index (χ3n) is 5.76. The fraction of sp³-hybridized carbons (Fsp3) is 0.722. The Hall–Kier alpha value is -2.06. The van der Waals surface area contributed by atoms with Crippen LogP contribution in [0.5, 0.6) is 0 Å². The summed E-state index contributed by atoms with van der Waals surface area (Å²) in [6, 6.07) is -0.518. The summed E-state index contributed by atoms with van der Waals surface area (Å²) in [5, 5.41) is 60.3. The number of anilines is 1. The fourth-order valence-electron chi connectivity index (χ4n) is 3.80. The van der Waals surface area contributed by atoms with Crippen molar-refractivity contribution in [2.45, 2.75) is 74.1 Å². The number of ether oxygens (including phenoxy) is 2. The first-order valence-corrected chi connectivity index (χ1v) is 12.1. The van der Waals surface area contributed by atoms with E-state index in [1.807, 2.05) is 0 Å². The summed E-state index contributed by atoms with van der Waals surface area (Å²) in [6.07, 6.45) is -14.2. The predicted molar refractivity (Wildman–Crippen MR) is 116 cm³/mol. The van der Waals surface area contributed by atoms with E-state index in [-0.39, 0.29) is 5.82 Å².